The molecular weight excluding hydrogens is 427 g/mol. The van der Waals surface area contributed by atoms with Gasteiger partial charge in [0, 0.05) is 36.5 Å². The Kier molecular flexibility index (Phi) is 5.41. The number of pyridine rings is 1. The highest BCUT2D eigenvalue weighted by Crippen LogP contribution is 2.51. The van der Waals surface area contributed by atoms with E-state index in [-0.39, 0.29) is 29.7 Å². The monoisotopic (exact) mass is 452 g/mol. The molecule has 33 heavy (non-hydrogen) atoms. The molecule has 1 fully saturated rings. The van der Waals surface area contributed by atoms with Gasteiger partial charge < -0.3 is 29.8 Å². The van der Waals surface area contributed by atoms with Crippen LogP contribution in [0.3, 0.4) is 0 Å². The lowest BCUT2D eigenvalue weighted by Crippen LogP contribution is -2.31. The van der Waals surface area contributed by atoms with Crippen molar-refractivity contribution in [2.24, 2.45) is 0 Å². The summed E-state index contributed by atoms with van der Waals surface area (Å²) in [5, 5.41) is 6.29. The van der Waals surface area contributed by atoms with E-state index in [9.17, 15) is 9.18 Å². The largest absolute Gasteiger partial charge is 0.492 e. The number of hydrogen-bond acceptors (Lipinski definition) is 6. The smallest absolute Gasteiger partial charge is 0.255 e. The van der Waals surface area contributed by atoms with Gasteiger partial charge in [0.15, 0.2) is 11.6 Å². The Morgan fingerprint density at radius 3 is 2.94 bits per heavy atom. The summed E-state index contributed by atoms with van der Waals surface area (Å²) in [5.74, 6) is 0.164. The van der Waals surface area contributed by atoms with Crippen LogP contribution in [0.4, 0.5) is 15.8 Å². The maximum absolute atomic E-state index is 14.4. The van der Waals surface area contributed by atoms with Gasteiger partial charge in [0.2, 0.25) is 0 Å². The number of nitrogens with zero attached hydrogens (tertiary/aromatic N) is 1. The summed E-state index contributed by atoms with van der Waals surface area (Å²) in [5.41, 5.74) is 3.72. The Morgan fingerprint density at radius 2 is 2.15 bits per heavy atom. The first-order valence-electron chi connectivity index (χ1n) is 10.8. The number of ether oxygens (including phenoxy) is 3. The molecule has 172 valence electrons. The molecule has 0 bridgehead atoms. The summed E-state index contributed by atoms with van der Waals surface area (Å²) in [6, 6.07) is 6.58. The predicted octanol–water partition coefficient (Wildman–Crippen LogP) is 3.98. The summed E-state index contributed by atoms with van der Waals surface area (Å²) >= 11 is 0. The topological polar surface area (TPSA) is 97.5 Å². The second-order valence-corrected chi connectivity index (χ2v) is 8.26. The number of H-pyrrole nitrogens is 1. The second kappa shape index (κ2) is 8.40. The zero-order valence-electron chi connectivity index (χ0n) is 18.6. The first-order valence-corrected chi connectivity index (χ1v) is 10.8. The molecule has 1 amide bonds. The molecule has 0 radical (unpaired) electrons. The van der Waals surface area contributed by atoms with Crippen LogP contribution in [0.1, 0.15) is 35.3 Å². The molecule has 1 aliphatic heterocycles. The van der Waals surface area contributed by atoms with E-state index in [1.54, 1.807) is 31.6 Å². The van der Waals surface area contributed by atoms with Gasteiger partial charge in [0.1, 0.15) is 12.4 Å². The van der Waals surface area contributed by atoms with Gasteiger partial charge in [-0.15, -0.1) is 0 Å². The lowest BCUT2D eigenvalue weighted by molar-refractivity contribution is 0.0717. The zero-order valence-corrected chi connectivity index (χ0v) is 18.6. The van der Waals surface area contributed by atoms with E-state index < -0.39 is 5.82 Å². The molecule has 2 aromatic heterocycles. The standard InChI is InChI=1S/C24H25FN4O4/c1-12(31-2)11-33-18-10-26-8-7-13(18)21-22(27-16-6-4-5-15(25)23(16)32-3)19-20(29-21)14-9-17(14)28-24(19)30/h4-8,10,12,14,17,27,29H,9,11H2,1-3H3,(H,28,30)/t12-,14+,17?/m1/s1. The van der Waals surface area contributed by atoms with Crippen molar-refractivity contribution in [3.63, 3.8) is 0 Å². The highest BCUT2D eigenvalue weighted by Gasteiger charge is 2.48. The van der Waals surface area contributed by atoms with Crippen LogP contribution in [-0.4, -0.2) is 48.8 Å². The van der Waals surface area contributed by atoms with Crippen LogP contribution in [0.25, 0.3) is 11.3 Å². The molecule has 9 heteroatoms. The van der Waals surface area contributed by atoms with Gasteiger partial charge >= 0.3 is 0 Å². The third-order valence-corrected chi connectivity index (χ3v) is 6.09. The van der Waals surface area contributed by atoms with E-state index in [1.807, 2.05) is 13.0 Å². The normalized spacial score (nSPS) is 19.2. The predicted molar refractivity (Wildman–Crippen MR) is 121 cm³/mol. The van der Waals surface area contributed by atoms with Crippen molar-refractivity contribution < 1.29 is 23.4 Å². The number of amides is 1. The second-order valence-electron chi connectivity index (χ2n) is 8.26. The van der Waals surface area contributed by atoms with E-state index in [0.29, 0.717) is 35.0 Å². The van der Waals surface area contributed by atoms with Gasteiger partial charge in [-0.2, -0.15) is 0 Å². The van der Waals surface area contributed by atoms with Gasteiger partial charge in [-0.1, -0.05) is 6.07 Å². The van der Waals surface area contributed by atoms with E-state index in [4.69, 9.17) is 14.2 Å². The van der Waals surface area contributed by atoms with Crippen LogP contribution < -0.4 is 20.1 Å². The first-order chi connectivity index (χ1) is 16.0. The summed E-state index contributed by atoms with van der Waals surface area (Å²) in [4.78, 5) is 20.7. The molecule has 1 saturated carbocycles. The molecule has 3 heterocycles. The van der Waals surface area contributed by atoms with Crippen LogP contribution in [0.2, 0.25) is 0 Å². The third-order valence-electron chi connectivity index (χ3n) is 6.09. The lowest BCUT2D eigenvalue weighted by atomic mass is 10.0. The SMILES string of the molecule is COc1c(F)cccc1Nc1c(-c2ccncc2OC[C@@H](C)OC)[nH]c2c1C(=O)NC1C[C@H]21. The van der Waals surface area contributed by atoms with Crippen molar-refractivity contribution in [1.82, 2.24) is 15.3 Å². The average molecular weight is 452 g/mol. The minimum atomic E-state index is -0.498. The molecule has 0 spiro atoms. The molecule has 1 aliphatic carbocycles. The highest BCUT2D eigenvalue weighted by molar-refractivity contribution is 6.07. The van der Waals surface area contributed by atoms with E-state index in [2.05, 4.69) is 20.6 Å². The van der Waals surface area contributed by atoms with Crippen LogP contribution in [-0.2, 0) is 4.74 Å². The number of nitrogens with one attached hydrogen (secondary N) is 3. The number of carbonyl (C=O) groups is 1. The van der Waals surface area contributed by atoms with Crippen molar-refractivity contribution in [3.8, 4) is 22.8 Å². The number of rotatable bonds is 8. The molecule has 3 atom stereocenters. The van der Waals surface area contributed by atoms with Gasteiger partial charge in [0.25, 0.3) is 5.91 Å². The van der Waals surface area contributed by atoms with Crippen LogP contribution in [0.15, 0.2) is 36.7 Å². The van der Waals surface area contributed by atoms with Crippen molar-refractivity contribution in [2.75, 3.05) is 26.1 Å². The van der Waals surface area contributed by atoms with Gasteiger partial charge in [-0.05, 0) is 31.5 Å². The maximum atomic E-state index is 14.4. The zero-order chi connectivity index (χ0) is 23.1. The van der Waals surface area contributed by atoms with Crippen molar-refractivity contribution in [3.05, 3.63) is 53.7 Å². The molecule has 3 N–H and O–H groups in total. The number of anilines is 2. The minimum Gasteiger partial charge on any atom is -0.492 e. The fourth-order valence-corrected chi connectivity index (χ4v) is 4.20. The molecule has 0 saturated heterocycles. The maximum Gasteiger partial charge on any atom is 0.255 e. The number of aromatic amines is 1. The van der Waals surface area contributed by atoms with Crippen LogP contribution >= 0.6 is 0 Å². The van der Waals surface area contributed by atoms with Gasteiger partial charge in [-0.25, -0.2) is 4.39 Å². The van der Waals surface area contributed by atoms with Crippen molar-refractivity contribution in [2.45, 2.75) is 31.4 Å². The molecule has 3 aromatic rings. The first kappa shape index (κ1) is 21.3. The number of carbonyl (C=O) groups excluding carboxylic acids is 1. The highest BCUT2D eigenvalue weighted by atomic mass is 19.1. The Hall–Kier alpha value is -3.59. The lowest BCUT2D eigenvalue weighted by Gasteiger charge is -2.17. The quantitative estimate of drug-likeness (QED) is 0.478. The average Bonchev–Trinajstić information content (AvgIpc) is 3.49. The molecule has 8 nitrogen and oxygen atoms in total. The fraction of sp³-hybridized carbons (Fsp3) is 0.333. The van der Waals surface area contributed by atoms with E-state index >= 15 is 0 Å². The molecule has 1 unspecified atom stereocenters. The Balaban J connectivity index is 1.63. The van der Waals surface area contributed by atoms with Crippen molar-refractivity contribution in [1.29, 1.82) is 0 Å². The number of methoxy groups -OCH3 is 2. The fourth-order valence-electron chi connectivity index (χ4n) is 4.20. The summed E-state index contributed by atoms with van der Waals surface area (Å²) < 4.78 is 30.9. The molecule has 2 aliphatic rings. The van der Waals surface area contributed by atoms with Gasteiger partial charge in [0.05, 0.1) is 42.0 Å². The summed E-state index contributed by atoms with van der Waals surface area (Å²) in [6.45, 7) is 2.24. The molecular formula is C24H25FN4O4. The van der Waals surface area contributed by atoms with Crippen LogP contribution in [0, 0.1) is 5.82 Å². The Morgan fingerprint density at radius 1 is 1.30 bits per heavy atom. The Labute approximate surface area is 190 Å². The van der Waals surface area contributed by atoms with E-state index in [1.165, 1.54) is 13.2 Å². The molecule has 1 aromatic carbocycles. The Bertz CT molecular complexity index is 1210. The molecule has 5 rings (SSSR count). The number of para-hydroxylation sites is 1. The summed E-state index contributed by atoms with van der Waals surface area (Å²) in [6.07, 6.45) is 4.06. The third kappa shape index (κ3) is 3.78. The van der Waals surface area contributed by atoms with Gasteiger partial charge in [-0.3, -0.25) is 9.78 Å². The summed E-state index contributed by atoms with van der Waals surface area (Å²) in [7, 11) is 3.03. The number of aromatic nitrogens is 2. The number of halogens is 1. The minimum absolute atomic E-state index is 0.0686. The van der Waals surface area contributed by atoms with Crippen molar-refractivity contribution >= 4 is 17.3 Å². The van der Waals surface area contributed by atoms with E-state index in [0.717, 1.165) is 17.7 Å². The number of hydrogen-bond donors (Lipinski definition) is 3. The number of benzene rings is 1. The van der Waals surface area contributed by atoms with Crippen LogP contribution in [0.5, 0.6) is 11.5 Å². The number of fused-ring (bicyclic) bond motifs is 3.